The van der Waals surface area contributed by atoms with Crippen molar-refractivity contribution in [2.45, 2.75) is 63.9 Å². The van der Waals surface area contributed by atoms with Crippen LogP contribution in [0.25, 0.3) is 6.08 Å². The summed E-state index contributed by atoms with van der Waals surface area (Å²) in [7, 11) is 1.38. The zero-order valence-corrected chi connectivity index (χ0v) is 23.3. The Morgan fingerprint density at radius 3 is 2.70 bits per heavy atom. The predicted octanol–water partition coefficient (Wildman–Crippen LogP) is 6.80. The van der Waals surface area contributed by atoms with E-state index in [-0.39, 0.29) is 29.2 Å². The molecule has 0 radical (unpaired) electrons. The average Bonchev–Trinajstić information content (AvgIpc) is 3.28. The van der Waals surface area contributed by atoms with Gasteiger partial charge in [0.05, 0.1) is 18.8 Å². The SMILES string of the molecule is COC(=O)c1cccc(/C=C/C#Cc2ccc(C3C[C@]4(C)C(O)CCC4C4CCC5=CC(=O)CCC5=C34)cc2)c1. The van der Waals surface area contributed by atoms with E-state index in [1.807, 2.05) is 24.3 Å². The molecule has 2 aromatic carbocycles. The topological polar surface area (TPSA) is 63.6 Å². The number of methoxy groups -OCH3 is 1. The van der Waals surface area contributed by atoms with Crippen LogP contribution < -0.4 is 0 Å². The number of hydrogen-bond donors (Lipinski definition) is 1. The smallest absolute Gasteiger partial charge is 0.337 e. The molecule has 4 heteroatoms. The Morgan fingerprint density at radius 2 is 1.90 bits per heavy atom. The van der Waals surface area contributed by atoms with Crippen molar-refractivity contribution < 1.29 is 19.4 Å². The molecule has 0 spiro atoms. The fourth-order valence-corrected chi connectivity index (χ4v) is 7.88. The number of allylic oxidation sites excluding steroid dienone is 5. The highest BCUT2D eigenvalue weighted by molar-refractivity contribution is 5.93. The van der Waals surface area contributed by atoms with Crippen LogP contribution in [0.4, 0.5) is 0 Å². The number of benzene rings is 2. The number of aliphatic hydroxyl groups excluding tert-OH is 1. The van der Waals surface area contributed by atoms with Crippen LogP contribution in [-0.4, -0.2) is 30.1 Å². The minimum Gasteiger partial charge on any atom is -0.465 e. The molecule has 0 aromatic heterocycles. The molecule has 4 aliphatic rings. The zero-order valence-electron chi connectivity index (χ0n) is 23.3. The van der Waals surface area contributed by atoms with Crippen molar-refractivity contribution in [3.05, 3.63) is 99.7 Å². The number of carbonyl (C=O) groups excluding carboxylic acids is 2. The van der Waals surface area contributed by atoms with Gasteiger partial charge < -0.3 is 9.84 Å². The first-order valence-corrected chi connectivity index (χ1v) is 14.5. The molecule has 0 saturated heterocycles. The van der Waals surface area contributed by atoms with Crippen molar-refractivity contribution in [3.63, 3.8) is 0 Å². The van der Waals surface area contributed by atoms with Gasteiger partial charge in [0.25, 0.3) is 0 Å². The minimum absolute atomic E-state index is 0.0699. The lowest BCUT2D eigenvalue weighted by Gasteiger charge is -2.52. The summed E-state index contributed by atoms with van der Waals surface area (Å²) < 4.78 is 4.80. The molecule has 4 unspecified atom stereocenters. The third-order valence-corrected chi connectivity index (χ3v) is 9.88. The van der Waals surface area contributed by atoms with E-state index < -0.39 is 0 Å². The fourth-order valence-electron chi connectivity index (χ4n) is 7.88. The van der Waals surface area contributed by atoms with E-state index in [0.717, 1.165) is 49.7 Å². The molecule has 0 bridgehead atoms. The summed E-state index contributed by atoms with van der Waals surface area (Å²) in [5.41, 5.74) is 7.82. The van der Waals surface area contributed by atoms with Crippen LogP contribution in [0.1, 0.15) is 84.8 Å². The van der Waals surface area contributed by atoms with Crippen LogP contribution in [-0.2, 0) is 9.53 Å². The van der Waals surface area contributed by atoms with Gasteiger partial charge >= 0.3 is 5.97 Å². The Morgan fingerprint density at radius 1 is 1.07 bits per heavy atom. The first-order valence-electron chi connectivity index (χ1n) is 14.5. The second kappa shape index (κ2) is 10.7. The summed E-state index contributed by atoms with van der Waals surface area (Å²) >= 11 is 0. The summed E-state index contributed by atoms with van der Waals surface area (Å²) in [6.07, 6.45) is 11.8. The average molecular weight is 533 g/mol. The normalized spacial score (nSPS) is 29.2. The molecule has 6 rings (SSSR count). The summed E-state index contributed by atoms with van der Waals surface area (Å²) in [6, 6.07) is 15.9. The molecule has 2 fully saturated rings. The fraction of sp³-hybridized carbons (Fsp3) is 0.389. The largest absolute Gasteiger partial charge is 0.465 e. The van der Waals surface area contributed by atoms with Crippen molar-refractivity contribution in [1.29, 1.82) is 0 Å². The molecule has 2 saturated carbocycles. The first-order chi connectivity index (χ1) is 19.4. The highest BCUT2D eigenvalue weighted by Gasteiger charge is 2.56. The molecule has 0 heterocycles. The van der Waals surface area contributed by atoms with Gasteiger partial charge in [-0.15, -0.1) is 0 Å². The van der Waals surface area contributed by atoms with Crippen molar-refractivity contribution in [2.24, 2.45) is 17.3 Å². The molecule has 204 valence electrons. The summed E-state index contributed by atoms with van der Waals surface area (Å²) in [6.45, 7) is 2.31. The Kier molecular flexibility index (Phi) is 7.11. The van der Waals surface area contributed by atoms with E-state index in [1.54, 1.807) is 23.8 Å². The van der Waals surface area contributed by atoms with Gasteiger partial charge in [-0.2, -0.15) is 0 Å². The molecule has 4 nitrogen and oxygen atoms in total. The van der Waals surface area contributed by atoms with Gasteiger partial charge in [-0.3, -0.25) is 4.79 Å². The lowest BCUT2D eigenvalue weighted by Crippen LogP contribution is -2.45. The Hall–Kier alpha value is -3.68. The number of ketones is 1. The maximum Gasteiger partial charge on any atom is 0.337 e. The number of ether oxygens (including phenoxy) is 1. The van der Waals surface area contributed by atoms with Crippen molar-refractivity contribution in [3.8, 4) is 11.8 Å². The van der Waals surface area contributed by atoms with E-state index in [2.05, 4.69) is 43.0 Å². The molecule has 0 amide bonds. The number of fused-ring (bicyclic) bond motifs is 4. The number of esters is 1. The van der Waals surface area contributed by atoms with Crippen LogP contribution in [0.3, 0.4) is 0 Å². The Balaban J connectivity index is 1.27. The lowest BCUT2D eigenvalue weighted by molar-refractivity contribution is -0.114. The monoisotopic (exact) mass is 532 g/mol. The summed E-state index contributed by atoms with van der Waals surface area (Å²) in [5, 5.41) is 11.1. The van der Waals surface area contributed by atoms with Crippen LogP contribution in [0.15, 0.2) is 77.4 Å². The Labute approximate surface area is 236 Å². The maximum absolute atomic E-state index is 12.2. The van der Waals surface area contributed by atoms with E-state index in [1.165, 1.54) is 23.8 Å². The molecular weight excluding hydrogens is 496 g/mol. The molecule has 1 N–H and O–H groups in total. The zero-order chi connectivity index (χ0) is 27.9. The van der Waals surface area contributed by atoms with E-state index >= 15 is 0 Å². The molecule has 5 atom stereocenters. The van der Waals surface area contributed by atoms with Crippen molar-refractivity contribution in [2.75, 3.05) is 7.11 Å². The standard InChI is InChI=1S/C36H36O4/c1-36-22-31(34-29-17-15-28(37)21-26(29)14-16-30(34)32(36)18-19-33(36)38)25-12-10-23(11-13-25)6-3-4-7-24-8-5-9-27(20-24)35(39)40-2/h4-5,7-13,20-21,30-33,38H,14-19,22H2,1-2H3/b7-4+/t30?,31?,32?,33?,36-/m0/s1. The second-order valence-corrected chi connectivity index (χ2v) is 12.0. The van der Waals surface area contributed by atoms with Gasteiger partial charge in [0.2, 0.25) is 0 Å². The first kappa shape index (κ1) is 26.5. The highest BCUT2D eigenvalue weighted by Crippen LogP contribution is 2.63. The van der Waals surface area contributed by atoms with Crippen LogP contribution in [0.5, 0.6) is 0 Å². The van der Waals surface area contributed by atoms with Gasteiger partial charge in [0.15, 0.2) is 5.78 Å². The molecule has 40 heavy (non-hydrogen) atoms. The molecule has 2 aromatic rings. The number of hydrogen-bond acceptors (Lipinski definition) is 4. The minimum atomic E-state index is -0.355. The Bertz CT molecular complexity index is 1500. The third-order valence-electron chi connectivity index (χ3n) is 9.88. The van der Waals surface area contributed by atoms with E-state index in [9.17, 15) is 14.7 Å². The van der Waals surface area contributed by atoms with Crippen LogP contribution in [0, 0.1) is 29.1 Å². The van der Waals surface area contributed by atoms with Gasteiger partial charge in [-0.25, -0.2) is 4.79 Å². The van der Waals surface area contributed by atoms with Crippen LogP contribution in [0.2, 0.25) is 0 Å². The van der Waals surface area contributed by atoms with Gasteiger partial charge in [0, 0.05) is 17.9 Å². The number of aliphatic hydroxyl groups is 1. The lowest BCUT2D eigenvalue weighted by atomic mass is 9.53. The maximum atomic E-state index is 12.2. The van der Waals surface area contributed by atoms with Gasteiger partial charge in [-0.1, -0.05) is 48.6 Å². The predicted molar refractivity (Wildman–Crippen MR) is 156 cm³/mol. The van der Waals surface area contributed by atoms with Gasteiger partial charge in [-0.05, 0) is 121 Å². The van der Waals surface area contributed by atoms with Crippen molar-refractivity contribution in [1.82, 2.24) is 0 Å². The third kappa shape index (κ3) is 4.78. The van der Waals surface area contributed by atoms with E-state index in [4.69, 9.17) is 4.74 Å². The van der Waals surface area contributed by atoms with Gasteiger partial charge in [0.1, 0.15) is 0 Å². The quantitative estimate of drug-likeness (QED) is 0.349. The summed E-state index contributed by atoms with van der Waals surface area (Å²) in [5.74, 6) is 7.51. The molecule has 4 aliphatic carbocycles. The number of carbonyl (C=O) groups is 2. The molecular formula is C36H36O4. The molecule has 0 aliphatic heterocycles. The van der Waals surface area contributed by atoms with Crippen molar-refractivity contribution >= 4 is 17.8 Å². The summed E-state index contributed by atoms with van der Waals surface area (Å²) in [4.78, 5) is 24.0. The number of rotatable bonds is 3. The van der Waals surface area contributed by atoms with Crippen LogP contribution >= 0.6 is 0 Å². The highest BCUT2D eigenvalue weighted by atomic mass is 16.5. The second-order valence-electron chi connectivity index (χ2n) is 12.0. The van der Waals surface area contributed by atoms with E-state index in [0.29, 0.717) is 23.8 Å².